The Labute approximate surface area is 108 Å². The monoisotopic (exact) mass is 326 g/mol. The number of hydrogen-bond donors (Lipinski definition) is 2. The van der Waals surface area contributed by atoms with E-state index in [-0.39, 0.29) is 11.5 Å². The highest BCUT2D eigenvalue weighted by Crippen LogP contribution is 2.26. The summed E-state index contributed by atoms with van der Waals surface area (Å²) < 4.78 is 1.07. The van der Waals surface area contributed by atoms with Crippen LogP contribution in [0.25, 0.3) is 0 Å². The summed E-state index contributed by atoms with van der Waals surface area (Å²) in [7, 11) is 0. The van der Waals surface area contributed by atoms with Gasteiger partial charge < -0.3 is 10.2 Å². The molecule has 16 heavy (non-hydrogen) atoms. The second kappa shape index (κ2) is 4.74. The number of hydrogen-bond acceptors (Lipinski definition) is 2. The van der Waals surface area contributed by atoms with Crippen molar-refractivity contribution in [3.8, 4) is 11.5 Å². The third-order valence-corrected chi connectivity index (χ3v) is 3.09. The van der Waals surface area contributed by atoms with Crippen LogP contribution in [0.2, 0.25) is 0 Å². The average molecular weight is 326 g/mol. The van der Waals surface area contributed by atoms with E-state index >= 15 is 0 Å². The Kier molecular flexibility index (Phi) is 3.33. The summed E-state index contributed by atoms with van der Waals surface area (Å²) in [5, 5.41) is 19.4. The second-order valence-electron chi connectivity index (χ2n) is 3.58. The van der Waals surface area contributed by atoms with E-state index in [0.29, 0.717) is 6.42 Å². The summed E-state index contributed by atoms with van der Waals surface area (Å²) in [6.07, 6.45) is 0.537. The van der Waals surface area contributed by atoms with E-state index in [0.717, 1.165) is 14.7 Å². The minimum absolute atomic E-state index is 0.265. The van der Waals surface area contributed by atoms with Crippen LogP contribution < -0.4 is 0 Å². The highest BCUT2D eigenvalue weighted by molar-refractivity contribution is 14.1. The van der Waals surface area contributed by atoms with Gasteiger partial charge in [-0.1, -0.05) is 18.2 Å². The van der Waals surface area contributed by atoms with Crippen molar-refractivity contribution in [2.24, 2.45) is 0 Å². The first-order chi connectivity index (χ1) is 7.66. The van der Waals surface area contributed by atoms with Gasteiger partial charge in [0.05, 0.1) is 0 Å². The van der Waals surface area contributed by atoms with E-state index in [1.165, 1.54) is 0 Å². The van der Waals surface area contributed by atoms with E-state index in [1.807, 2.05) is 24.3 Å². The van der Waals surface area contributed by atoms with Gasteiger partial charge in [-0.15, -0.1) is 0 Å². The number of halogens is 1. The van der Waals surface area contributed by atoms with Crippen LogP contribution in [-0.2, 0) is 6.42 Å². The molecular formula is C13H11IO2. The first-order valence-electron chi connectivity index (χ1n) is 4.91. The van der Waals surface area contributed by atoms with Crippen molar-refractivity contribution in [1.29, 1.82) is 0 Å². The molecule has 2 aromatic carbocycles. The maximum Gasteiger partial charge on any atom is 0.119 e. The van der Waals surface area contributed by atoms with Crippen molar-refractivity contribution in [1.82, 2.24) is 0 Å². The summed E-state index contributed by atoms with van der Waals surface area (Å²) in [6, 6.07) is 12.6. The first kappa shape index (κ1) is 11.3. The molecule has 0 radical (unpaired) electrons. The fourth-order valence-corrected chi connectivity index (χ4v) is 2.12. The van der Waals surface area contributed by atoms with Crippen molar-refractivity contribution >= 4 is 22.6 Å². The van der Waals surface area contributed by atoms with Gasteiger partial charge in [0, 0.05) is 9.99 Å². The van der Waals surface area contributed by atoms with Gasteiger partial charge in [0.25, 0.3) is 0 Å². The van der Waals surface area contributed by atoms with Crippen LogP contribution in [0.5, 0.6) is 11.5 Å². The van der Waals surface area contributed by atoms with Gasteiger partial charge in [-0.3, -0.25) is 0 Å². The van der Waals surface area contributed by atoms with Crippen LogP contribution in [0.4, 0.5) is 0 Å². The quantitative estimate of drug-likeness (QED) is 0.832. The molecule has 0 saturated carbocycles. The predicted molar refractivity (Wildman–Crippen MR) is 71.7 cm³/mol. The zero-order valence-electron chi connectivity index (χ0n) is 8.52. The molecule has 0 spiro atoms. The zero-order valence-corrected chi connectivity index (χ0v) is 10.7. The lowest BCUT2D eigenvalue weighted by atomic mass is 10.0. The van der Waals surface area contributed by atoms with E-state index in [2.05, 4.69) is 22.6 Å². The summed E-state index contributed by atoms with van der Waals surface area (Å²) in [4.78, 5) is 0. The molecule has 0 heterocycles. The van der Waals surface area contributed by atoms with Crippen LogP contribution in [0.15, 0.2) is 42.5 Å². The SMILES string of the molecule is Oc1ccccc1Cc1cc(I)ccc1O. The topological polar surface area (TPSA) is 40.5 Å². The summed E-state index contributed by atoms with van der Waals surface area (Å²) in [6.45, 7) is 0. The van der Waals surface area contributed by atoms with Crippen LogP contribution in [-0.4, -0.2) is 10.2 Å². The number of para-hydroxylation sites is 1. The Morgan fingerprint density at radius 1 is 0.875 bits per heavy atom. The van der Waals surface area contributed by atoms with Crippen LogP contribution in [0.1, 0.15) is 11.1 Å². The van der Waals surface area contributed by atoms with Crippen molar-refractivity contribution < 1.29 is 10.2 Å². The van der Waals surface area contributed by atoms with Gasteiger partial charge in [0.15, 0.2) is 0 Å². The molecule has 0 aliphatic carbocycles. The van der Waals surface area contributed by atoms with Crippen molar-refractivity contribution in [2.75, 3.05) is 0 Å². The molecule has 0 unspecified atom stereocenters. The number of aromatic hydroxyl groups is 2. The molecule has 0 aliphatic heterocycles. The maximum absolute atomic E-state index is 9.70. The van der Waals surface area contributed by atoms with Crippen molar-refractivity contribution in [3.05, 3.63) is 57.2 Å². The van der Waals surface area contributed by atoms with Crippen LogP contribution in [0, 0.1) is 3.57 Å². The van der Waals surface area contributed by atoms with E-state index in [1.54, 1.807) is 18.2 Å². The van der Waals surface area contributed by atoms with Gasteiger partial charge >= 0.3 is 0 Å². The lowest BCUT2D eigenvalue weighted by Gasteiger charge is -2.07. The molecule has 82 valence electrons. The van der Waals surface area contributed by atoms with E-state index in [4.69, 9.17) is 0 Å². The Hall–Kier alpha value is -1.23. The number of rotatable bonds is 2. The Morgan fingerprint density at radius 2 is 1.56 bits per heavy atom. The molecule has 0 fully saturated rings. The highest BCUT2D eigenvalue weighted by Gasteiger charge is 2.06. The molecule has 0 aromatic heterocycles. The maximum atomic E-state index is 9.70. The first-order valence-corrected chi connectivity index (χ1v) is 5.99. The fourth-order valence-electron chi connectivity index (χ4n) is 1.56. The summed E-state index contributed by atoms with van der Waals surface area (Å²) in [5.74, 6) is 0.532. The number of phenols is 2. The van der Waals surface area contributed by atoms with Gasteiger partial charge in [-0.05, 0) is 58.0 Å². The van der Waals surface area contributed by atoms with Gasteiger partial charge in [-0.2, -0.15) is 0 Å². The summed E-state index contributed by atoms with van der Waals surface area (Å²) in [5.41, 5.74) is 1.65. The third-order valence-electron chi connectivity index (χ3n) is 2.41. The molecule has 0 bridgehead atoms. The smallest absolute Gasteiger partial charge is 0.119 e. The molecule has 2 nitrogen and oxygen atoms in total. The average Bonchev–Trinajstić information content (AvgIpc) is 2.27. The molecule has 0 amide bonds. The van der Waals surface area contributed by atoms with Gasteiger partial charge in [0.2, 0.25) is 0 Å². The lowest BCUT2D eigenvalue weighted by Crippen LogP contribution is -1.90. The molecule has 0 aliphatic rings. The molecule has 2 rings (SSSR count). The van der Waals surface area contributed by atoms with E-state index < -0.39 is 0 Å². The molecule has 3 heteroatoms. The predicted octanol–water partition coefficient (Wildman–Crippen LogP) is 3.29. The highest BCUT2D eigenvalue weighted by atomic mass is 127. The van der Waals surface area contributed by atoms with Gasteiger partial charge in [-0.25, -0.2) is 0 Å². The van der Waals surface area contributed by atoms with Crippen LogP contribution in [0.3, 0.4) is 0 Å². The second-order valence-corrected chi connectivity index (χ2v) is 4.82. The Bertz CT molecular complexity index is 509. The molecule has 0 saturated heterocycles. The fraction of sp³-hybridized carbons (Fsp3) is 0.0769. The number of phenolic OH excluding ortho intramolecular Hbond substituents is 2. The largest absolute Gasteiger partial charge is 0.508 e. The molecular weight excluding hydrogens is 315 g/mol. The normalized spacial score (nSPS) is 10.3. The number of benzene rings is 2. The molecule has 0 atom stereocenters. The minimum atomic E-state index is 0.265. The van der Waals surface area contributed by atoms with Crippen molar-refractivity contribution in [2.45, 2.75) is 6.42 Å². The van der Waals surface area contributed by atoms with Crippen molar-refractivity contribution in [3.63, 3.8) is 0 Å². The third kappa shape index (κ3) is 2.47. The summed E-state index contributed by atoms with van der Waals surface area (Å²) >= 11 is 2.20. The van der Waals surface area contributed by atoms with E-state index in [9.17, 15) is 10.2 Å². The Morgan fingerprint density at radius 3 is 2.31 bits per heavy atom. The van der Waals surface area contributed by atoms with Crippen LogP contribution >= 0.6 is 22.6 Å². The molecule has 2 aromatic rings. The lowest BCUT2D eigenvalue weighted by molar-refractivity contribution is 0.463. The Balaban J connectivity index is 2.34. The minimum Gasteiger partial charge on any atom is -0.508 e. The van der Waals surface area contributed by atoms with Gasteiger partial charge in [0.1, 0.15) is 11.5 Å². The standard InChI is InChI=1S/C13H11IO2/c14-11-5-6-13(16)10(8-11)7-9-3-1-2-4-12(9)15/h1-6,8,15-16H,7H2. The molecule has 2 N–H and O–H groups in total. The zero-order chi connectivity index (χ0) is 11.5.